The number of carbonyl (C=O) groups is 1. The maximum atomic E-state index is 11.7. The average molecular weight is 420 g/mol. The number of nitrogens with zero attached hydrogens (tertiary/aromatic N) is 1. The van der Waals surface area contributed by atoms with E-state index in [-0.39, 0.29) is 5.97 Å². The van der Waals surface area contributed by atoms with Crippen LogP contribution in [-0.4, -0.2) is 20.2 Å². The van der Waals surface area contributed by atoms with Crippen LogP contribution in [0.15, 0.2) is 82.2 Å². The SMILES string of the molecule is COC(=O)c1ccc(N=c2cc(-c3ccc(OC)cc3)oc3ccc(Cl)cc23)cc1. The van der Waals surface area contributed by atoms with Crippen LogP contribution in [0.1, 0.15) is 10.4 Å². The van der Waals surface area contributed by atoms with Gasteiger partial charge in [0.25, 0.3) is 0 Å². The number of rotatable bonds is 4. The zero-order chi connectivity index (χ0) is 21.1. The third-order valence-corrected chi connectivity index (χ3v) is 4.85. The molecule has 3 aromatic carbocycles. The predicted octanol–water partition coefficient (Wildman–Crippen LogP) is 5.78. The zero-order valence-electron chi connectivity index (χ0n) is 16.4. The van der Waals surface area contributed by atoms with E-state index in [1.807, 2.05) is 42.5 Å². The number of halogens is 1. The lowest BCUT2D eigenvalue weighted by atomic mass is 10.1. The number of methoxy groups -OCH3 is 2. The third kappa shape index (κ3) is 4.07. The molecule has 0 amide bonds. The topological polar surface area (TPSA) is 61.0 Å². The van der Waals surface area contributed by atoms with Gasteiger partial charge in [0.15, 0.2) is 0 Å². The van der Waals surface area contributed by atoms with Crippen molar-refractivity contribution in [1.82, 2.24) is 0 Å². The highest BCUT2D eigenvalue weighted by molar-refractivity contribution is 6.31. The van der Waals surface area contributed by atoms with Crippen molar-refractivity contribution in [2.24, 2.45) is 4.99 Å². The quantitative estimate of drug-likeness (QED) is 0.393. The van der Waals surface area contributed by atoms with Crippen LogP contribution in [-0.2, 0) is 4.74 Å². The number of ether oxygens (including phenoxy) is 2. The Morgan fingerprint density at radius 3 is 2.33 bits per heavy atom. The first kappa shape index (κ1) is 19.7. The fourth-order valence-electron chi connectivity index (χ4n) is 3.06. The second-order valence-electron chi connectivity index (χ2n) is 6.52. The summed E-state index contributed by atoms with van der Waals surface area (Å²) in [5, 5.41) is 2.08. The Morgan fingerprint density at radius 1 is 0.933 bits per heavy atom. The Morgan fingerprint density at radius 2 is 1.67 bits per heavy atom. The molecule has 5 nitrogen and oxygen atoms in total. The second-order valence-corrected chi connectivity index (χ2v) is 6.95. The fourth-order valence-corrected chi connectivity index (χ4v) is 3.23. The summed E-state index contributed by atoms with van der Waals surface area (Å²) in [6, 6.07) is 21.8. The largest absolute Gasteiger partial charge is 0.497 e. The van der Waals surface area contributed by atoms with Crippen LogP contribution in [0.25, 0.3) is 22.3 Å². The Bertz CT molecular complexity index is 1280. The molecule has 150 valence electrons. The smallest absolute Gasteiger partial charge is 0.337 e. The summed E-state index contributed by atoms with van der Waals surface area (Å²) in [5.41, 5.74) is 2.71. The van der Waals surface area contributed by atoms with Crippen molar-refractivity contribution in [3.8, 4) is 17.1 Å². The molecule has 0 bridgehead atoms. The maximum Gasteiger partial charge on any atom is 0.337 e. The summed E-state index contributed by atoms with van der Waals surface area (Å²) < 4.78 is 16.1. The Balaban J connectivity index is 1.87. The molecule has 0 aliphatic rings. The highest BCUT2D eigenvalue weighted by Crippen LogP contribution is 2.26. The predicted molar refractivity (Wildman–Crippen MR) is 116 cm³/mol. The molecule has 0 atom stereocenters. The molecule has 0 unspecified atom stereocenters. The number of hydrogen-bond donors (Lipinski definition) is 0. The van der Waals surface area contributed by atoms with Crippen molar-refractivity contribution < 1.29 is 18.7 Å². The molecule has 0 N–H and O–H groups in total. The van der Waals surface area contributed by atoms with Gasteiger partial charge in [-0.05, 0) is 66.7 Å². The molecule has 1 heterocycles. The van der Waals surface area contributed by atoms with E-state index in [1.54, 1.807) is 37.4 Å². The van der Waals surface area contributed by atoms with Gasteiger partial charge < -0.3 is 13.9 Å². The number of esters is 1. The van der Waals surface area contributed by atoms with Crippen LogP contribution in [0.4, 0.5) is 5.69 Å². The van der Waals surface area contributed by atoms with E-state index >= 15 is 0 Å². The first-order valence-corrected chi connectivity index (χ1v) is 9.56. The summed E-state index contributed by atoms with van der Waals surface area (Å²) in [4.78, 5) is 16.4. The molecule has 0 radical (unpaired) electrons. The highest BCUT2D eigenvalue weighted by Gasteiger charge is 2.08. The number of benzene rings is 3. The van der Waals surface area contributed by atoms with Crippen LogP contribution in [0.5, 0.6) is 5.75 Å². The van der Waals surface area contributed by atoms with E-state index < -0.39 is 0 Å². The van der Waals surface area contributed by atoms with E-state index in [9.17, 15) is 4.79 Å². The summed E-state index contributed by atoms with van der Waals surface area (Å²) in [5.74, 6) is 1.04. The van der Waals surface area contributed by atoms with Gasteiger partial charge in [-0.25, -0.2) is 9.79 Å². The molecule has 1 aromatic heterocycles. The van der Waals surface area contributed by atoms with Gasteiger partial charge in [-0.15, -0.1) is 0 Å². The number of hydrogen-bond acceptors (Lipinski definition) is 5. The van der Waals surface area contributed by atoms with E-state index in [0.29, 0.717) is 33.0 Å². The van der Waals surface area contributed by atoms with Crippen molar-refractivity contribution in [2.75, 3.05) is 14.2 Å². The van der Waals surface area contributed by atoms with Crippen LogP contribution >= 0.6 is 11.6 Å². The van der Waals surface area contributed by atoms with Gasteiger partial charge in [0, 0.05) is 22.0 Å². The fraction of sp³-hybridized carbons (Fsp3) is 0.0833. The van der Waals surface area contributed by atoms with Crippen molar-refractivity contribution in [2.45, 2.75) is 0 Å². The Hall–Kier alpha value is -3.57. The summed E-state index contributed by atoms with van der Waals surface area (Å²) >= 11 is 6.21. The minimum Gasteiger partial charge on any atom is -0.497 e. The van der Waals surface area contributed by atoms with Crippen LogP contribution < -0.4 is 10.1 Å². The number of carbonyl (C=O) groups excluding carboxylic acids is 1. The van der Waals surface area contributed by atoms with E-state index in [0.717, 1.165) is 16.7 Å². The van der Waals surface area contributed by atoms with Gasteiger partial charge >= 0.3 is 5.97 Å². The lowest BCUT2D eigenvalue weighted by Crippen LogP contribution is -2.03. The molecule has 0 fully saturated rings. The van der Waals surface area contributed by atoms with Gasteiger partial charge in [-0.2, -0.15) is 0 Å². The van der Waals surface area contributed by atoms with E-state index in [1.165, 1.54) is 7.11 Å². The van der Waals surface area contributed by atoms with Gasteiger partial charge in [-0.3, -0.25) is 0 Å². The molecular weight excluding hydrogens is 402 g/mol. The molecule has 4 aromatic rings. The Labute approximate surface area is 178 Å². The molecule has 4 rings (SSSR count). The summed E-state index contributed by atoms with van der Waals surface area (Å²) in [6.07, 6.45) is 0. The molecule has 0 aliphatic heterocycles. The minimum atomic E-state index is -0.390. The molecule has 0 saturated carbocycles. The normalized spacial score (nSPS) is 11.5. The first-order chi connectivity index (χ1) is 14.6. The van der Waals surface area contributed by atoms with Crippen molar-refractivity contribution in [3.05, 3.63) is 88.7 Å². The molecule has 0 spiro atoms. The van der Waals surface area contributed by atoms with Crippen molar-refractivity contribution >= 4 is 34.2 Å². The van der Waals surface area contributed by atoms with Crippen molar-refractivity contribution in [3.63, 3.8) is 0 Å². The van der Waals surface area contributed by atoms with Gasteiger partial charge in [0.1, 0.15) is 17.1 Å². The highest BCUT2D eigenvalue weighted by atomic mass is 35.5. The van der Waals surface area contributed by atoms with Gasteiger partial charge in [0.2, 0.25) is 0 Å². The molecule has 30 heavy (non-hydrogen) atoms. The molecule has 0 saturated heterocycles. The van der Waals surface area contributed by atoms with E-state index in [2.05, 4.69) is 0 Å². The number of fused-ring (bicyclic) bond motifs is 1. The lowest BCUT2D eigenvalue weighted by Gasteiger charge is -2.07. The van der Waals surface area contributed by atoms with Crippen LogP contribution in [0.3, 0.4) is 0 Å². The van der Waals surface area contributed by atoms with Gasteiger partial charge in [-0.1, -0.05) is 11.6 Å². The lowest BCUT2D eigenvalue weighted by molar-refractivity contribution is 0.0601. The standard InChI is InChI=1S/C24H18ClNO4/c1-28-19-10-5-15(6-11-19)23-14-21(20-13-17(25)7-12-22(20)30-23)26-18-8-3-16(4-9-18)24(27)29-2/h3-14H,1-2H3. The molecule has 6 heteroatoms. The first-order valence-electron chi connectivity index (χ1n) is 9.18. The summed E-state index contributed by atoms with van der Waals surface area (Å²) in [6.45, 7) is 0. The monoisotopic (exact) mass is 419 g/mol. The average Bonchev–Trinajstić information content (AvgIpc) is 2.79. The zero-order valence-corrected chi connectivity index (χ0v) is 17.1. The minimum absolute atomic E-state index is 0.390. The van der Waals surface area contributed by atoms with Crippen LogP contribution in [0.2, 0.25) is 5.02 Å². The van der Waals surface area contributed by atoms with Crippen LogP contribution in [0, 0.1) is 0 Å². The van der Waals surface area contributed by atoms with E-state index in [4.69, 9.17) is 30.5 Å². The Kier molecular flexibility index (Phi) is 5.55. The maximum absolute atomic E-state index is 11.7. The third-order valence-electron chi connectivity index (χ3n) is 4.62. The molecular formula is C24H18ClNO4. The summed E-state index contributed by atoms with van der Waals surface area (Å²) in [7, 11) is 2.98. The molecule has 0 aliphatic carbocycles. The second kappa shape index (κ2) is 8.43. The van der Waals surface area contributed by atoms with Crippen molar-refractivity contribution in [1.29, 1.82) is 0 Å². The van der Waals surface area contributed by atoms with Gasteiger partial charge in [0.05, 0.1) is 30.8 Å².